The molecule has 0 unspecified atom stereocenters. The minimum absolute atomic E-state index is 0.0575. The second-order valence-electron chi connectivity index (χ2n) is 7.46. The van der Waals surface area contributed by atoms with Crippen LogP contribution in [0.15, 0.2) is 51.9 Å². The van der Waals surface area contributed by atoms with Crippen LogP contribution in [-0.4, -0.2) is 36.0 Å². The summed E-state index contributed by atoms with van der Waals surface area (Å²) in [5, 5.41) is 4.04. The standard InChI is InChI=1S/C21H23N3O3S/c1-14-9-15(2)20(16(3)10-14)28(25,26)24-12-18(13-24)21-22-19(23-27-21)11-17-7-5-4-6-8-17/h4-10,18H,11-13H2,1-3H3. The number of benzene rings is 2. The number of hydrogen-bond acceptors (Lipinski definition) is 5. The molecule has 1 saturated heterocycles. The normalized spacial score (nSPS) is 15.5. The lowest BCUT2D eigenvalue weighted by Gasteiger charge is -2.36. The Kier molecular flexibility index (Phi) is 4.81. The predicted molar refractivity (Wildman–Crippen MR) is 106 cm³/mol. The van der Waals surface area contributed by atoms with Crippen molar-refractivity contribution in [1.29, 1.82) is 0 Å². The first kappa shape index (κ1) is 18.8. The van der Waals surface area contributed by atoms with E-state index in [0.29, 0.717) is 36.1 Å². The second kappa shape index (κ2) is 7.14. The minimum Gasteiger partial charge on any atom is -0.339 e. The zero-order valence-electron chi connectivity index (χ0n) is 16.2. The molecule has 28 heavy (non-hydrogen) atoms. The van der Waals surface area contributed by atoms with E-state index in [1.807, 2.05) is 63.2 Å². The first-order chi connectivity index (χ1) is 13.3. The highest BCUT2D eigenvalue weighted by molar-refractivity contribution is 7.89. The van der Waals surface area contributed by atoms with Gasteiger partial charge in [-0.3, -0.25) is 0 Å². The van der Waals surface area contributed by atoms with Crippen LogP contribution in [0.2, 0.25) is 0 Å². The molecule has 1 fully saturated rings. The molecule has 0 saturated carbocycles. The monoisotopic (exact) mass is 397 g/mol. The van der Waals surface area contributed by atoms with Gasteiger partial charge < -0.3 is 4.52 Å². The van der Waals surface area contributed by atoms with Gasteiger partial charge in [-0.25, -0.2) is 8.42 Å². The van der Waals surface area contributed by atoms with E-state index in [-0.39, 0.29) is 5.92 Å². The van der Waals surface area contributed by atoms with Gasteiger partial charge in [0.1, 0.15) is 0 Å². The fourth-order valence-corrected chi connectivity index (χ4v) is 5.72. The summed E-state index contributed by atoms with van der Waals surface area (Å²) >= 11 is 0. The number of hydrogen-bond donors (Lipinski definition) is 0. The Labute approximate surface area is 165 Å². The molecule has 0 amide bonds. The Hall–Kier alpha value is -2.51. The molecule has 2 aromatic carbocycles. The number of nitrogens with zero attached hydrogens (tertiary/aromatic N) is 3. The van der Waals surface area contributed by atoms with Gasteiger partial charge in [-0.2, -0.15) is 9.29 Å². The van der Waals surface area contributed by atoms with E-state index < -0.39 is 10.0 Å². The van der Waals surface area contributed by atoms with Crippen molar-refractivity contribution < 1.29 is 12.9 Å². The molecule has 0 bridgehead atoms. The van der Waals surface area contributed by atoms with Gasteiger partial charge in [0.05, 0.1) is 10.8 Å². The summed E-state index contributed by atoms with van der Waals surface area (Å²) < 4.78 is 33.0. The predicted octanol–water partition coefficient (Wildman–Crippen LogP) is 3.37. The van der Waals surface area contributed by atoms with Crippen LogP contribution < -0.4 is 0 Å². The largest absolute Gasteiger partial charge is 0.339 e. The fraction of sp³-hybridized carbons (Fsp3) is 0.333. The molecule has 1 aliphatic heterocycles. The van der Waals surface area contributed by atoms with Crippen LogP contribution in [0.3, 0.4) is 0 Å². The van der Waals surface area contributed by atoms with Crippen LogP contribution in [0, 0.1) is 20.8 Å². The lowest BCUT2D eigenvalue weighted by Crippen LogP contribution is -2.48. The lowest BCUT2D eigenvalue weighted by atomic mass is 10.0. The Morgan fingerprint density at radius 2 is 1.71 bits per heavy atom. The van der Waals surface area contributed by atoms with E-state index >= 15 is 0 Å². The van der Waals surface area contributed by atoms with Gasteiger partial charge >= 0.3 is 0 Å². The van der Waals surface area contributed by atoms with Crippen molar-refractivity contribution in [3.63, 3.8) is 0 Å². The molecule has 0 aliphatic carbocycles. The quantitative estimate of drug-likeness (QED) is 0.660. The maximum atomic E-state index is 13.0. The van der Waals surface area contributed by atoms with E-state index in [9.17, 15) is 8.42 Å². The van der Waals surface area contributed by atoms with E-state index in [0.717, 1.165) is 22.3 Å². The fourth-order valence-electron chi connectivity index (χ4n) is 3.78. The summed E-state index contributed by atoms with van der Waals surface area (Å²) in [6, 6.07) is 13.8. The highest BCUT2D eigenvalue weighted by Gasteiger charge is 2.41. The Morgan fingerprint density at radius 1 is 1.07 bits per heavy atom. The summed E-state index contributed by atoms with van der Waals surface area (Å²) in [5.74, 6) is 1.07. The zero-order chi connectivity index (χ0) is 19.9. The lowest BCUT2D eigenvalue weighted by molar-refractivity contribution is 0.216. The van der Waals surface area contributed by atoms with Crippen molar-refractivity contribution in [2.45, 2.75) is 38.0 Å². The molecule has 0 N–H and O–H groups in total. The SMILES string of the molecule is Cc1cc(C)c(S(=O)(=O)N2CC(c3nc(Cc4ccccc4)no3)C2)c(C)c1. The summed E-state index contributed by atoms with van der Waals surface area (Å²) in [5.41, 5.74) is 3.73. The van der Waals surface area contributed by atoms with E-state index in [1.54, 1.807) is 0 Å². The Bertz CT molecular complexity index is 1080. The van der Waals surface area contributed by atoms with Crippen LogP contribution in [0.4, 0.5) is 0 Å². The van der Waals surface area contributed by atoms with Crippen LogP contribution in [0.1, 0.15) is 39.9 Å². The van der Waals surface area contributed by atoms with Crippen LogP contribution in [-0.2, 0) is 16.4 Å². The van der Waals surface area contributed by atoms with Crippen LogP contribution >= 0.6 is 0 Å². The molecule has 1 aliphatic rings. The molecule has 2 heterocycles. The first-order valence-electron chi connectivity index (χ1n) is 9.29. The topological polar surface area (TPSA) is 76.3 Å². The number of rotatable bonds is 5. The summed E-state index contributed by atoms with van der Waals surface area (Å²) in [6.07, 6.45) is 0.598. The highest BCUT2D eigenvalue weighted by atomic mass is 32.2. The molecule has 146 valence electrons. The average Bonchev–Trinajstić information content (AvgIpc) is 3.00. The van der Waals surface area contributed by atoms with Crippen molar-refractivity contribution in [2.75, 3.05) is 13.1 Å². The first-order valence-corrected chi connectivity index (χ1v) is 10.7. The average molecular weight is 398 g/mol. The Balaban J connectivity index is 1.46. The van der Waals surface area contributed by atoms with E-state index in [2.05, 4.69) is 10.1 Å². The summed E-state index contributed by atoms with van der Waals surface area (Å²) in [4.78, 5) is 4.87. The third-order valence-corrected chi connectivity index (χ3v) is 7.23. The summed E-state index contributed by atoms with van der Waals surface area (Å²) in [6.45, 7) is 6.39. The van der Waals surface area contributed by atoms with Gasteiger partial charge in [0, 0.05) is 19.5 Å². The Morgan fingerprint density at radius 3 is 2.36 bits per heavy atom. The number of aryl methyl sites for hydroxylation is 3. The van der Waals surface area contributed by atoms with Crippen molar-refractivity contribution in [3.8, 4) is 0 Å². The maximum absolute atomic E-state index is 13.0. The van der Waals surface area contributed by atoms with Gasteiger partial charge in [-0.15, -0.1) is 0 Å². The molecule has 0 radical (unpaired) electrons. The molecule has 0 spiro atoms. The third kappa shape index (κ3) is 3.47. The second-order valence-corrected chi connectivity index (χ2v) is 9.33. The molecular weight excluding hydrogens is 374 g/mol. The van der Waals surface area contributed by atoms with Gasteiger partial charge in [0.25, 0.3) is 0 Å². The van der Waals surface area contributed by atoms with Crippen molar-refractivity contribution in [1.82, 2.24) is 14.4 Å². The van der Waals surface area contributed by atoms with Crippen molar-refractivity contribution in [2.24, 2.45) is 0 Å². The molecule has 7 heteroatoms. The van der Waals surface area contributed by atoms with E-state index in [1.165, 1.54) is 4.31 Å². The van der Waals surface area contributed by atoms with Gasteiger partial charge in [0.2, 0.25) is 15.9 Å². The number of aromatic nitrogens is 2. The molecule has 4 rings (SSSR count). The van der Waals surface area contributed by atoms with E-state index in [4.69, 9.17) is 4.52 Å². The smallest absolute Gasteiger partial charge is 0.243 e. The summed E-state index contributed by atoms with van der Waals surface area (Å²) in [7, 11) is -3.52. The molecule has 0 atom stereocenters. The van der Waals surface area contributed by atoms with Crippen molar-refractivity contribution in [3.05, 3.63) is 76.4 Å². The molecule has 3 aromatic rings. The van der Waals surface area contributed by atoms with Crippen molar-refractivity contribution >= 4 is 10.0 Å². The van der Waals surface area contributed by atoms with Gasteiger partial charge in [-0.05, 0) is 37.5 Å². The minimum atomic E-state index is -3.52. The maximum Gasteiger partial charge on any atom is 0.243 e. The zero-order valence-corrected chi connectivity index (χ0v) is 17.0. The van der Waals surface area contributed by atoms with Crippen LogP contribution in [0.5, 0.6) is 0 Å². The van der Waals surface area contributed by atoms with Gasteiger partial charge in [-0.1, -0.05) is 53.2 Å². The van der Waals surface area contributed by atoms with Crippen LogP contribution in [0.25, 0.3) is 0 Å². The highest BCUT2D eigenvalue weighted by Crippen LogP contribution is 2.34. The van der Waals surface area contributed by atoms with Gasteiger partial charge in [0.15, 0.2) is 5.82 Å². The third-order valence-electron chi connectivity index (χ3n) is 5.09. The molecule has 1 aromatic heterocycles. The number of sulfonamides is 1. The molecule has 6 nitrogen and oxygen atoms in total. The molecular formula is C21H23N3O3S.